The first-order chi connectivity index (χ1) is 9.83. The van der Waals surface area contributed by atoms with Crippen LogP contribution in [0.5, 0.6) is 0 Å². The van der Waals surface area contributed by atoms with E-state index in [0.29, 0.717) is 12.5 Å². The van der Waals surface area contributed by atoms with Gasteiger partial charge in [-0.15, -0.1) is 0 Å². The molecule has 0 aromatic rings. The van der Waals surface area contributed by atoms with E-state index >= 15 is 0 Å². The SMILES string of the molecule is NCCCCCCC(=O)NCCNC1CCCCCC1. The second kappa shape index (κ2) is 12.2. The second-order valence-electron chi connectivity index (χ2n) is 5.95. The van der Waals surface area contributed by atoms with E-state index in [-0.39, 0.29) is 5.91 Å². The largest absolute Gasteiger partial charge is 0.355 e. The van der Waals surface area contributed by atoms with Gasteiger partial charge in [-0.3, -0.25) is 4.79 Å². The summed E-state index contributed by atoms with van der Waals surface area (Å²) >= 11 is 0. The van der Waals surface area contributed by atoms with Crippen molar-refractivity contribution in [2.75, 3.05) is 19.6 Å². The molecule has 4 nitrogen and oxygen atoms in total. The van der Waals surface area contributed by atoms with Crippen LogP contribution in [-0.2, 0) is 4.79 Å². The van der Waals surface area contributed by atoms with Crippen LogP contribution in [0, 0.1) is 0 Å². The molecular weight excluding hydrogens is 250 g/mol. The molecule has 4 N–H and O–H groups in total. The first-order valence-corrected chi connectivity index (χ1v) is 8.53. The summed E-state index contributed by atoms with van der Waals surface area (Å²) in [6.07, 6.45) is 13.1. The van der Waals surface area contributed by atoms with Gasteiger partial charge in [0.05, 0.1) is 0 Å². The Bertz CT molecular complexity index is 238. The van der Waals surface area contributed by atoms with E-state index in [1.165, 1.54) is 38.5 Å². The van der Waals surface area contributed by atoms with E-state index in [1.54, 1.807) is 0 Å². The van der Waals surface area contributed by atoms with Crippen LogP contribution in [0.15, 0.2) is 0 Å². The van der Waals surface area contributed by atoms with Crippen LogP contribution in [0.25, 0.3) is 0 Å². The summed E-state index contributed by atoms with van der Waals surface area (Å²) in [4.78, 5) is 11.6. The minimum atomic E-state index is 0.195. The lowest BCUT2D eigenvalue weighted by Gasteiger charge is -2.16. The van der Waals surface area contributed by atoms with E-state index in [1.807, 2.05) is 0 Å². The predicted molar refractivity (Wildman–Crippen MR) is 84.6 cm³/mol. The molecule has 1 saturated carbocycles. The molecular formula is C16H33N3O. The lowest BCUT2D eigenvalue weighted by molar-refractivity contribution is -0.121. The van der Waals surface area contributed by atoms with E-state index < -0.39 is 0 Å². The third-order valence-electron chi connectivity index (χ3n) is 4.09. The van der Waals surface area contributed by atoms with E-state index in [9.17, 15) is 4.79 Å². The maximum atomic E-state index is 11.6. The number of rotatable bonds is 10. The zero-order valence-electron chi connectivity index (χ0n) is 13.0. The summed E-state index contributed by atoms with van der Waals surface area (Å²) in [5.74, 6) is 0.195. The van der Waals surface area contributed by atoms with Crippen LogP contribution in [-0.4, -0.2) is 31.6 Å². The highest BCUT2D eigenvalue weighted by Crippen LogP contribution is 2.16. The van der Waals surface area contributed by atoms with Gasteiger partial charge >= 0.3 is 0 Å². The Kier molecular flexibility index (Phi) is 10.6. The normalized spacial score (nSPS) is 16.9. The Morgan fingerprint density at radius 2 is 1.65 bits per heavy atom. The van der Waals surface area contributed by atoms with Crippen LogP contribution in [0.3, 0.4) is 0 Å². The van der Waals surface area contributed by atoms with Crippen LogP contribution >= 0.6 is 0 Å². The molecule has 0 aromatic carbocycles. The molecule has 0 saturated heterocycles. The fourth-order valence-electron chi connectivity index (χ4n) is 2.83. The standard InChI is InChI=1S/C16H33N3O/c17-12-8-4-3-7-11-16(20)19-14-13-18-15-9-5-1-2-6-10-15/h15,18H,1-14,17H2,(H,19,20). The van der Waals surface area contributed by atoms with Gasteiger partial charge in [0, 0.05) is 25.6 Å². The zero-order chi connectivity index (χ0) is 14.5. The Balaban J connectivity index is 1.90. The van der Waals surface area contributed by atoms with Crippen molar-refractivity contribution in [1.82, 2.24) is 10.6 Å². The van der Waals surface area contributed by atoms with Crippen molar-refractivity contribution in [3.63, 3.8) is 0 Å². The third-order valence-corrected chi connectivity index (χ3v) is 4.09. The Labute approximate surface area is 124 Å². The van der Waals surface area contributed by atoms with Gasteiger partial charge in [0.15, 0.2) is 0 Å². The summed E-state index contributed by atoms with van der Waals surface area (Å²) in [5, 5.41) is 6.57. The number of nitrogens with two attached hydrogens (primary N) is 1. The topological polar surface area (TPSA) is 67.2 Å². The highest BCUT2D eigenvalue weighted by molar-refractivity contribution is 5.75. The minimum Gasteiger partial charge on any atom is -0.355 e. The number of unbranched alkanes of at least 4 members (excludes halogenated alkanes) is 3. The summed E-state index contributed by atoms with van der Waals surface area (Å²) in [6.45, 7) is 2.43. The molecule has 1 fully saturated rings. The van der Waals surface area contributed by atoms with Crippen LogP contribution in [0.2, 0.25) is 0 Å². The smallest absolute Gasteiger partial charge is 0.220 e. The number of carbonyl (C=O) groups is 1. The fraction of sp³-hybridized carbons (Fsp3) is 0.938. The lowest BCUT2D eigenvalue weighted by atomic mass is 10.1. The second-order valence-corrected chi connectivity index (χ2v) is 5.95. The summed E-state index contributed by atoms with van der Waals surface area (Å²) < 4.78 is 0. The van der Waals surface area contributed by atoms with Crippen LogP contribution < -0.4 is 16.4 Å². The van der Waals surface area contributed by atoms with Gasteiger partial charge < -0.3 is 16.4 Å². The Hall–Kier alpha value is -0.610. The molecule has 0 bridgehead atoms. The fourth-order valence-corrected chi connectivity index (χ4v) is 2.83. The van der Waals surface area contributed by atoms with Gasteiger partial charge in [-0.2, -0.15) is 0 Å². The molecule has 0 radical (unpaired) electrons. The first-order valence-electron chi connectivity index (χ1n) is 8.53. The van der Waals surface area contributed by atoms with Gasteiger partial charge in [0.2, 0.25) is 5.91 Å². The summed E-state index contributed by atoms with van der Waals surface area (Å²) in [5.41, 5.74) is 5.44. The van der Waals surface area contributed by atoms with Gasteiger partial charge in [-0.1, -0.05) is 38.5 Å². The third kappa shape index (κ3) is 9.32. The number of hydrogen-bond acceptors (Lipinski definition) is 3. The van der Waals surface area contributed by atoms with Crippen molar-refractivity contribution < 1.29 is 4.79 Å². The molecule has 1 aliphatic carbocycles. The molecule has 20 heavy (non-hydrogen) atoms. The first kappa shape index (κ1) is 17.4. The molecule has 0 spiro atoms. The van der Waals surface area contributed by atoms with E-state index in [2.05, 4.69) is 10.6 Å². The average Bonchev–Trinajstić information content (AvgIpc) is 2.72. The predicted octanol–water partition coefficient (Wildman–Crippen LogP) is 2.32. The van der Waals surface area contributed by atoms with Crippen molar-refractivity contribution in [2.24, 2.45) is 5.73 Å². The Morgan fingerprint density at radius 3 is 2.35 bits per heavy atom. The van der Waals surface area contributed by atoms with Crippen molar-refractivity contribution >= 4 is 5.91 Å². The van der Waals surface area contributed by atoms with Crippen molar-refractivity contribution in [3.05, 3.63) is 0 Å². The van der Waals surface area contributed by atoms with Gasteiger partial charge in [-0.05, 0) is 32.2 Å². The van der Waals surface area contributed by atoms with Crippen LogP contribution in [0.1, 0.15) is 70.6 Å². The molecule has 1 amide bonds. The van der Waals surface area contributed by atoms with E-state index in [4.69, 9.17) is 5.73 Å². The molecule has 0 aliphatic heterocycles. The monoisotopic (exact) mass is 283 g/mol. The maximum Gasteiger partial charge on any atom is 0.220 e. The number of nitrogens with one attached hydrogen (secondary N) is 2. The summed E-state index contributed by atoms with van der Waals surface area (Å²) in [6, 6.07) is 0.672. The van der Waals surface area contributed by atoms with Crippen molar-refractivity contribution in [3.8, 4) is 0 Å². The number of amides is 1. The van der Waals surface area contributed by atoms with Gasteiger partial charge in [0.25, 0.3) is 0 Å². The van der Waals surface area contributed by atoms with E-state index in [0.717, 1.165) is 45.3 Å². The Morgan fingerprint density at radius 1 is 0.950 bits per heavy atom. The molecule has 1 aliphatic rings. The minimum absolute atomic E-state index is 0.195. The van der Waals surface area contributed by atoms with Crippen molar-refractivity contribution in [2.45, 2.75) is 76.7 Å². The van der Waals surface area contributed by atoms with Crippen LogP contribution in [0.4, 0.5) is 0 Å². The molecule has 1 rings (SSSR count). The molecule has 0 heterocycles. The molecule has 4 heteroatoms. The number of hydrogen-bond donors (Lipinski definition) is 3. The number of carbonyl (C=O) groups excluding carboxylic acids is 1. The highest BCUT2D eigenvalue weighted by Gasteiger charge is 2.10. The molecule has 118 valence electrons. The lowest BCUT2D eigenvalue weighted by Crippen LogP contribution is -2.36. The average molecular weight is 283 g/mol. The molecule has 0 atom stereocenters. The van der Waals surface area contributed by atoms with Gasteiger partial charge in [-0.25, -0.2) is 0 Å². The molecule has 0 unspecified atom stereocenters. The molecule has 0 aromatic heterocycles. The van der Waals surface area contributed by atoms with Crippen molar-refractivity contribution in [1.29, 1.82) is 0 Å². The highest BCUT2D eigenvalue weighted by atomic mass is 16.1. The zero-order valence-corrected chi connectivity index (χ0v) is 13.0. The maximum absolute atomic E-state index is 11.6. The quantitative estimate of drug-likeness (QED) is 0.426. The summed E-state index contributed by atoms with van der Waals surface area (Å²) in [7, 11) is 0. The van der Waals surface area contributed by atoms with Gasteiger partial charge in [0.1, 0.15) is 0 Å².